The van der Waals surface area contributed by atoms with E-state index in [2.05, 4.69) is 22.8 Å². The summed E-state index contributed by atoms with van der Waals surface area (Å²) in [4.78, 5) is 13.2. The molecule has 0 fully saturated rings. The monoisotopic (exact) mass is 494 g/mol. The zero-order valence-corrected chi connectivity index (χ0v) is 21.3. The summed E-state index contributed by atoms with van der Waals surface area (Å²) < 4.78 is 15.4. The Morgan fingerprint density at radius 2 is 1.81 bits per heavy atom. The van der Waals surface area contributed by atoms with Crippen molar-refractivity contribution in [2.24, 2.45) is 0 Å². The number of aromatic nitrogens is 2. The first-order chi connectivity index (χ1) is 17.9. The third-order valence-electron chi connectivity index (χ3n) is 6.96. The summed E-state index contributed by atoms with van der Waals surface area (Å²) in [5.74, 6) is -0.260. The van der Waals surface area contributed by atoms with E-state index in [4.69, 9.17) is 5.10 Å². The molecule has 1 atom stereocenters. The summed E-state index contributed by atoms with van der Waals surface area (Å²) in [5.41, 5.74) is 6.22. The molecule has 2 N–H and O–H groups in total. The van der Waals surface area contributed by atoms with E-state index < -0.39 is 5.54 Å². The molecular formula is C31H31FN4O. The lowest BCUT2D eigenvalue weighted by molar-refractivity contribution is 0.0912. The van der Waals surface area contributed by atoms with Crippen LogP contribution in [0.25, 0.3) is 17.5 Å². The average Bonchev–Trinajstić information content (AvgIpc) is 3.27. The molecule has 1 unspecified atom stereocenters. The van der Waals surface area contributed by atoms with Crippen LogP contribution in [0.1, 0.15) is 52.5 Å². The maximum atomic E-state index is 13.5. The molecule has 3 aromatic carbocycles. The number of allylic oxidation sites excluding steroid dienone is 1. The highest BCUT2D eigenvalue weighted by atomic mass is 19.1. The minimum absolute atomic E-state index is 0.102. The van der Waals surface area contributed by atoms with Crippen LogP contribution in [0.15, 0.2) is 84.9 Å². The van der Waals surface area contributed by atoms with Gasteiger partial charge in [0.15, 0.2) is 0 Å². The van der Waals surface area contributed by atoms with Crippen LogP contribution in [-0.2, 0) is 18.5 Å². The molecule has 2 heterocycles. The minimum Gasteiger partial charge on any atom is -0.343 e. The summed E-state index contributed by atoms with van der Waals surface area (Å²) >= 11 is 0. The van der Waals surface area contributed by atoms with E-state index >= 15 is 0 Å². The van der Waals surface area contributed by atoms with Gasteiger partial charge in [0.05, 0.1) is 11.2 Å². The third kappa shape index (κ3) is 5.11. The topological polar surface area (TPSA) is 59.0 Å². The van der Waals surface area contributed by atoms with Gasteiger partial charge in [-0.1, -0.05) is 48.5 Å². The Balaban J connectivity index is 1.40. The zero-order chi connectivity index (χ0) is 26.0. The van der Waals surface area contributed by atoms with Gasteiger partial charge in [0, 0.05) is 47.5 Å². The van der Waals surface area contributed by atoms with Crippen molar-refractivity contribution >= 4 is 12.1 Å². The molecule has 4 aromatic rings. The van der Waals surface area contributed by atoms with E-state index in [1.807, 2.05) is 80.3 Å². The number of nitrogens with zero attached hydrogens (tertiary/aromatic N) is 2. The number of carbonyl (C=O) groups excluding carboxylic acids is 1. The molecule has 0 saturated carbocycles. The molecule has 1 aromatic heterocycles. The van der Waals surface area contributed by atoms with Gasteiger partial charge >= 0.3 is 0 Å². The Bertz CT molecular complexity index is 1440. The van der Waals surface area contributed by atoms with Crippen molar-refractivity contribution < 1.29 is 9.18 Å². The summed E-state index contributed by atoms with van der Waals surface area (Å²) in [6.45, 7) is 4.67. The highest BCUT2D eigenvalue weighted by Gasteiger charge is 2.26. The van der Waals surface area contributed by atoms with Crippen LogP contribution in [-0.4, -0.2) is 22.7 Å². The number of hydrogen-bond acceptors (Lipinski definition) is 3. The van der Waals surface area contributed by atoms with Gasteiger partial charge in [-0.05, 0) is 68.4 Å². The molecule has 1 aliphatic heterocycles. The summed E-state index contributed by atoms with van der Waals surface area (Å²) in [7, 11) is 1.91. The predicted molar refractivity (Wildman–Crippen MR) is 146 cm³/mol. The van der Waals surface area contributed by atoms with E-state index in [1.165, 1.54) is 12.1 Å². The van der Waals surface area contributed by atoms with Gasteiger partial charge in [0.1, 0.15) is 5.82 Å². The Kier molecular flexibility index (Phi) is 6.76. The van der Waals surface area contributed by atoms with Crippen molar-refractivity contribution in [2.75, 3.05) is 7.05 Å². The SMILES string of the molecule is CNCc1c(-c2ccc(F)cc2)nn2c1CC(c1cccc(C(=O)NC(C)(C)c3ccccc3)c1)C=C2. The lowest BCUT2D eigenvalue weighted by Crippen LogP contribution is -2.41. The summed E-state index contributed by atoms with van der Waals surface area (Å²) in [5, 5.41) is 11.2. The second-order valence-electron chi connectivity index (χ2n) is 9.98. The lowest BCUT2D eigenvalue weighted by Gasteiger charge is -2.27. The largest absolute Gasteiger partial charge is 0.343 e. The standard InChI is InChI=1S/C31H31FN4O/c1-31(2,25-10-5-4-6-11-25)34-30(37)24-9-7-8-22(18-24)23-16-17-36-28(19-23)27(20-33-3)29(35-36)21-12-14-26(32)15-13-21/h4-18,23,33H,19-20H2,1-3H3,(H,34,37). The molecule has 5 rings (SSSR count). The number of halogens is 1. The van der Waals surface area contributed by atoms with Crippen molar-refractivity contribution in [3.05, 3.63) is 119 Å². The second kappa shape index (κ2) is 10.1. The number of fused-ring (bicyclic) bond motifs is 1. The van der Waals surface area contributed by atoms with Crippen LogP contribution in [0.3, 0.4) is 0 Å². The molecule has 0 spiro atoms. The van der Waals surface area contributed by atoms with E-state index in [-0.39, 0.29) is 17.6 Å². The van der Waals surface area contributed by atoms with Crippen molar-refractivity contribution in [1.82, 2.24) is 20.4 Å². The van der Waals surface area contributed by atoms with Gasteiger partial charge in [-0.25, -0.2) is 9.07 Å². The van der Waals surface area contributed by atoms with Gasteiger partial charge in [-0.3, -0.25) is 4.79 Å². The highest BCUT2D eigenvalue weighted by Crippen LogP contribution is 2.34. The summed E-state index contributed by atoms with van der Waals surface area (Å²) in [6.07, 6.45) is 4.87. The van der Waals surface area contributed by atoms with Gasteiger partial charge in [-0.15, -0.1) is 0 Å². The lowest BCUT2D eigenvalue weighted by atomic mass is 9.89. The molecule has 37 heavy (non-hydrogen) atoms. The Labute approximate surface area is 217 Å². The van der Waals surface area contributed by atoms with Crippen molar-refractivity contribution in [3.8, 4) is 11.3 Å². The number of amides is 1. The number of hydrogen-bond donors (Lipinski definition) is 2. The molecule has 188 valence electrons. The van der Waals surface area contributed by atoms with Crippen LogP contribution < -0.4 is 10.6 Å². The van der Waals surface area contributed by atoms with Gasteiger partial charge in [-0.2, -0.15) is 5.10 Å². The quantitative estimate of drug-likeness (QED) is 0.337. The first-order valence-corrected chi connectivity index (χ1v) is 12.5. The smallest absolute Gasteiger partial charge is 0.251 e. The third-order valence-corrected chi connectivity index (χ3v) is 6.96. The number of nitrogens with one attached hydrogen (secondary N) is 2. The molecule has 0 bridgehead atoms. The van der Waals surface area contributed by atoms with Crippen molar-refractivity contribution in [1.29, 1.82) is 0 Å². The normalized spacial score (nSPS) is 14.9. The van der Waals surface area contributed by atoms with Crippen LogP contribution in [0.2, 0.25) is 0 Å². The Morgan fingerprint density at radius 3 is 2.54 bits per heavy atom. The second-order valence-corrected chi connectivity index (χ2v) is 9.98. The highest BCUT2D eigenvalue weighted by molar-refractivity contribution is 5.95. The predicted octanol–water partition coefficient (Wildman–Crippen LogP) is 5.88. The van der Waals surface area contributed by atoms with Gasteiger partial charge in [0.25, 0.3) is 5.91 Å². The molecule has 0 aliphatic carbocycles. The van der Waals surface area contributed by atoms with E-state index in [0.29, 0.717) is 12.1 Å². The Hall–Kier alpha value is -4.03. The Morgan fingerprint density at radius 1 is 1.05 bits per heavy atom. The fraction of sp³-hybridized carbons (Fsp3) is 0.226. The molecule has 6 heteroatoms. The molecule has 1 amide bonds. The van der Waals surface area contributed by atoms with Gasteiger partial charge in [0.2, 0.25) is 0 Å². The zero-order valence-electron chi connectivity index (χ0n) is 21.3. The van der Waals surface area contributed by atoms with Crippen LogP contribution in [0.5, 0.6) is 0 Å². The molecule has 1 aliphatic rings. The minimum atomic E-state index is -0.496. The molecule has 0 saturated heterocycles. The van der Waals surface area contributed by atoms with Crippen molar-refractivity contribution in [2.45, 2.75) is 38.3 Å². The van der Waals surface area contributed by atoms with E-state index in [0.717, 1.165) is 40.1 Å². The van der Waals surface area contributed by atoms with Gasteiger partial charge < -0.3 is 10.6 Å². The number of benzene rings is 3. The number of carbonyl (C=O) groups is 1. The molecule has 5 nitrogen and oxygen atoms in total. The first kappa shape index (κ1) is 24.7. The first-order valence-electron chi connectivity index (χ1n) is 12.5. The average molecular weight is 495 g/mol. The maximum Gasteiger partial charge on any atom is 0.251 e. The van der Waals surface area contributed by atoms with Crippen molar-refractivity contribution in [3.63, 3.8) is 0 Å². The molecule has 0 radical (unpaired) electrons. The van der Waals surface area contributed by atoms with E-state index in [1.54, 1.807) is 12.1 Å². The maximum absolute atomic E-state index is 13.5. The summed E-state index contributed by atoms with van der Waals surface area (Å²) in [6, 6.07) is 24.3. The van der Waals surface area contributed by atoms with Crippen LogP contribution in [0, 0.1) is 5.82 Å². The van der Waals surface area contributed by atoms with E-state index in [9.17, 15) is 9.18 Å². The van der Waals surface area contributed by atoms with Crippen LogP contribution >= 0.6 is 0 Å². The van der Waals surface area contributed by atoms with Crippen LogP contribution in [0.4, 0.5) is 4.39 Å². The fourth-order valence-corrected chi connectivity index (χ4v) is 4.93. The fourth-order valence-electron chi connectivity index (χ4n) is 4.93. The molecular weight excluding hydrogens is 463 g/mol. The number of rotatable bonds is 7.